The molecule has 0 bridgehead atoms. The summed E-state index contributed by atoms with van der Waals surface area (Å²) in [5.74, 6) is -0.608. The van der Waals surface area contributed by atoms with Crippen molar-refractivity contribution in [3.05, 3.63) is 64.9 Å². The van der Waals surface area contributed by atoms with Crippen LogP contribution in [0.15, 0.2) is 48.8 Å². The van der Waals surface area contributed by atoms with E-state index in [1.54, 1.807) is 48.8 Å². The molecule has 0 aliphatic heterocycles. The molecule has 23 heavy (non-hydrogen) atoms. The van der Waals surface area contributed by atoms with Crippen LogP contribution in [0, 0.1) is 0 Å². The largest absolute Gasteiger partial charge is 0.351 e. The first-order chi connectivity index (χ1) is 10.9. The van der Waals surface area contributed by atoms with Crippen LogP contribution < -0.4 is 10.0 Å². The molecule has 0 fully saturated rings. The molecular formula is C15H16ClN3O3S. The fourth-order valence-electron chi connectivity index (χ4n) is 1.79. The molecule has 2 N–H and O–H groups in total. The molecule has 2 aromatic rings. The first-order valence-electron chi connectivity index (χ1n) is 6.82. The first kappa shape index (κ1) is 17.4. The second-order valence-corrected chi connectivity index (χ2v) is 7.08. The number of sulfonamides is 1. The van der Waals surface area contributed by atoms with E-state index in [1.807, 2.05) is 0 Å². The van der Waals surface area contributed by atoms with Gasteiger partial charge in [-0.3, -0.25) is 9.78 Å². The number of hydrogen-bond acceptors (Lipinski definition) is 4. The highest BCUT2D eigenvalue weighted by molar-refractivity contribution is 7.88. The summed E-state index contributed by atoms with van der Waals surface area (Å²) >= 11 is 5.75. The second-order valence-electron chi connectivity index (χ2n) is 4.84. The van der Waals surface area contributed by atoms with Gasteiger partial charge in [-0.25, -0.2) is 13.1 Å². The lowest BCUT2D eigenvalue weighted by atomic mass is 10.2. The molecule has 122 valence electrons. The van der Waals surface area contributed by atoms with Crippen molar-refractivity contribution >= 4 is 27.5 Å². The van der Waals surface area contributed by atoms with Crippen LogP contribution in [0.25, 0.3) is 0 Å². The Morgan fingerprint density at radius 2 is 1.70 bits per heavy atom. The van der Waals surface area contributed by atoms with Crippen molar-refractivity contribution in [2.24, 2.45) is 0 Å². The number of carbonyl (C=O) groups excluding carboxylic acids is 1. The Morgan fingerprint density at radius 3 is 2.35 bits per heavy atom. The fraction of sp³-hybridized carbons (Fsp3) is 0.200. The number of aromatic nitrogens is 1. The molecule has 0 saturated heterocycles. The van der Waals surface area contributed by atoms with Gasteiger partial charge in [0.25, 0.3) is 0 Å². The third-order valence-corrected chi connectivity index (χ3v) is 4.51. The first-order valence-corrected chi connectivity index (χ1v) is 8.85. The maximum atomic E-state index is 11.9. The van der Waals surface area contributed by atoms with Crippen LogP contribution in [0.3, 0.4) is 0 Å². The van der Waals surface area contributed by atoms with Gasteiger partial charge < -0.3 is 5.32 Å². The fourth-order valence-corrected chi connectivity index (χ4v) is 3.00. The van der Waals surface area contributed by atoms with Gasteiger partial charge in [-0.1, -0.05) is 23.7 Å². The molecular weight excluding hydrogens is 338 g/mol. The normalized spacial score (nSPS) is 11.2. The number of halogens is 1. The SMILES string of the molecule is O=C(CNS(=O)(=O)Cc1ccc(Cl)cc1)NCc1ccncc1. The van der Waals surface area contributed by atoms with Crippen molar-refractivity contribution in [2.75, 3.05) is 6.54 Å². The molecule has 0 spiro atoms. The zero-order chi connectivity index (χ0) is 16.7. The molecule has 8 heteroatoms. The van der Waals surface area contributed by atoms with E-state index in [0.29, 0.717) is 17.1 Å². The molecule has 0 unspecified atom stereocenters. The maximum Gasteiger partial charge on any atom is 0.235 e. The van der Waals surface area contributed by atoms with Crippen molar-refractivity contribution in [3.63, 3.8) is 0 Å². The molecule has 0 aliphatic carbocycles. The predicted molar refractivity (Wildman–Crippen MR) is 88.2 cm³/mol. The Morgan fingerprint density at radius 1 is 1.04 bits per heavy atom. The zero-order valence-electron chi connectivity index (χ0n) is 12.2. The molecule has 2 rings (SSSR count). The van der Waals surface area contributed by atoms with Crippen LogP contribution in [-0.2, 0) is 27.1 Å². The van der Waals surface area contributed by atoms with E-state index in [1.165, 1.54) is 0 Å². The highest BCUT2D eigenvalue weighted by Gasteiger charge is 2.13. The van der Waals surface area contributed by atoms with Crippen molar-refractivity contribution in [1.82, 2.24) is 15.0 Å². The number of nitrogens with one attached hydrogen (secondary N) is 2. The van der Waals surface area contributed by atoms with Crippen LogP contribution in [0.4, 0.5) is 0 Å². The number of nitrogens with zero attached hydrogens (tertiary/aromatic N) is 1. The second kappa shape index (κ2) is 8.05. The molecule has 1 heterocycles. The molecule has 0 saturated carbocycles. The summed E-state index contributed by atoms with van der Waals surface area (Å²) in [7, 11) is -3.59. The average molecular weight is 354 g/mol. The van der Waals surface area contributed by atoms with Gasteiger partial charge in [0.2, 0.25) is 15.9 Å². The summed E-state index contributed by atoms with van der Waals surface area (Å²) in [4.78, 5) is 15.6. The average Bonchev–Trinajstić information content (AvgIpc) is 2.54. The van der Waals surface area contributed by atoms with Crippen LogP contribution in [0.1, 0.15) is 11.1 Å². The molecule has 0 atom stereocenters. The van der Waals surface area contributed by atoms with Gasteiger partial charge in [0.1, 0.15) is 0 Å². The lowest BCUT2D eigenvalue weighted by Crippen LogP contribution is -2.37. The van der Waals surface area contributed by atoms with Crippen LogP contribution in [-0.4, -0.2) is 25.9 Å². The molecule has 0 aliphatic rings. The predicted octanol–water partition coefficient (Wildman–Crippen LogP) is 1.47. The lowest BCUT2D eigenvalue weighted by Gasteiger charge is -2.08. The number of benzene rings is 1. The molecule has 6 nitrogen and oxygen atoms in total. The highest BCUT2D eigenvalue weighted by Crippen LogP contribution is 2.11. The van der Waals surface area contributed by atoms with Crippen LogP contribution in [0.5, 0.6) is 0 Å². The van der Waals surface area contributed by atoms with E-state index >= 15 is 0 Å². The summed E-state index contributed by atoms with van der Waals surface area (Å²) in [6, 6.07) is 10.0. The van der Waals surface area contributed by atoms with Gasteiger partial charge in [-0.2, -0.15) is 0 Å². The van der Waals surface area contributed by atoms with Gasteiger partial charge in [-0.15, -0.1) is 0 Å². The minimum atomic E-state index is -3.59. The number of pyridine rings is 1. The van der Waals surface area contributed by atoms with E-state index in [9.17, 15) is 13.2 Å². The number of hydrogen-bond donors (Lipinski definition) is 2. The van der Waals surface area contributed by atoms with E-state index in [-0.39, 0.29) is 12.3 Å². The Kier molecular flexibility index (Phi) is 6.09. The minimum absolute atomic E-state index is 0.207. The summed E-state index contributed by atoms with van der Waals surface area (Å²) in [6.07, 6.45) is 3.24. The Labute approximate surface area is 139 Å². The van der Waals surface area contributed by atoms with Crippen LogP contribution >= 0.6 is 11.6 Å². The lowest BCUT2D eigenvalue weighted by molar-refractivity contribution is -0.120. The monoisotopic (exact) mass is 353 g/mol. The minimum Gasteiger partial charge on any atom is -0.351 e. The van der Waals surface area contributed by atoms with E-state index < -0.39 is 15.9 Å². The summed E-state index contributed by atoms with van der Waals surface area (Å²) in [5, 5.41) is 3.17. The molecule has 1 aromatic heterocycles. The molecule has 0 radical (unpaired) electrons. The summed E-state index contributed by atoms with van der Waals surface area (Å²) in [6.45, 7) is 0.0152. The van der Waals surface area contributed by atoms with Crippen LogP contribution in [0.2, 0.25) is 5.02 Å². The van der Waals surface area contributed by atoms with Gasteiger partial charge in [0.15, 0.2) is 0 Å². The van der Waals surface area contributed by atoms with E-state index in [0.717, 1.165) is 5.56 Å². The summed E-state index contributed by atoms with van der Waals surface area (Å²) in [5.41, 5.74) is 1.48. The Bertz CT molecular complexity index is 749. The molecule has 1 amide bonds. The summed E-state index contributed by atoms with van der Waals surface area (Å²) < 4.78 is 26.1. The highest BCUT2D eigenvalue weighted by atomic mass is 35.5. The number of amides is 1. The number of carbonyl (C=O) groups is 1. The third kappa shape index (κ3) is 6.35. The van der Waals surface area contributed by atoms with Crippen molar-refractivity contribution < 1.29 is 13.2 Å². The maximum absolute atomic E-state index is 11.9. The molecule has 1 aromatic carbocycles. The Balaban J connectivity index is 1.79. The standard InChI is InChI=1S/C15H16ClN3O3S/c16-14-3-1-13(2-4-14)11-23(21,22)19-10-15(20)18-9-12-5-7-17-8-6-12/h1-8,19H,9-11H2,(H,18,20). The van der Waals surface area contributed by atoms with Gasteiger partial charge in [0, 0.05) is 24.0 Å². The van der Waals surface area contributed by atoms with E-state index in [4.69, 9.17) is 11.6 Å². The van der Waals surface area contributed by atoms with Gasteiger partial charge >= 0.3 is 0 Å². The van der Waals surface area contributed by atoms with Crippen molar-refractivity contribution in [1.29, 1.82) is 0 Å². The topological polar surface area (TPSA) is 88.2 Å². The van der Waals surface area contributed by atoms with Crippen molar-refractivity contribution in [2.45, 2.75) is 12.3 Å². The number of rotatable bonds is 7. The van der Waals surface area contributed by atoms with Crippen molar-refractivity contribution in [3.8, 4) is 0 Å². The van der Waals surface area contributed by atoms with E-state index in [2.05, 4.69) is 15.0 Å². The Hall–Kier alpha value is -1.96. The zero-order valence-corrected chi connectivity index (χ0v) is 13.8. The third-order valence-electron chi connectivity index (χ3n) is 2.96. The quantitative estimate of drug-likeness (QED) is 0.789. The van der Waals surface area contributed by atoms with Gasteiger partial charge in [-0.05, 0) is 35.4 Å². The smallest absolute Gasteiger partial charge is 0.235 e. The van der Waals surface area contributed by atoms with Gasteiger partial charge in [0.05, 0.1) is 12.3 Å².